The highest BCUT2D eigenvalue weighted by Crippen LogP contribution is 2.33. The first-order chi connectivity index (χ1) is 12.7. The van der Waals surface area contributed by atoms with E-state index in [0.29, 0.717) is 17.4 Å². The molecule has 0 amide bonds. The average molecular weight is 364 g/mol. The van der Waals surface area contributed by atoms with E-state index in [1.165, 1.54) is 11.3 Å². The number of pyridine rings is 1. The number of nitrogens with zero attached hydrogens (tertiary/aromatic N) is 3. The number of hydrogen-bond donors (Lipinski definition) is 1. The smallest absolute Gasteiger partial charge is 0.358 e. The summed E-state index contributed by atoms with van der Waals surface area (Å²) in [6, 6.07) is 12.0. The van der Waals surface area contributed by atoms with Crippen LogP contribution in [-0.2, 0) is 4.74 Å². The normalized spacial score (nSPS) is 11.0. The molecular formula is C19H16N4O2S. The van der Waals surface area contributed by atoms with Crippen LogP contribution in [0, 0.1) is 0 Å². The van der Waals surface area contributed by atoms with Crippen molar-refractivity contribution >= 4 is 28.1 Å². The van der Waals surface area contributed by atoms with Crippen LogP contribution in [0.5, 0.6) is 0 Å². The molecule has 0 aliphatic heterocycles. The van der Waals surface area contributed by atoms with Crippen molar-refractivity contribution in [3.63, 3.8) is 0 Å². The Balaban J connectivity index is 1.94. The van der Waals surface area contributed by atoms with Crippen molar-refractivity contribution in [3.05, 3.63) is 60.7 Å². The molecule has 3 heterocycles. The molecule has 0 fully saturated rings. The second-order valence-electron chi connectivity index (χ2n) is 5.65. The van der Waals surface area contributed by atoms with E-state index in [9.17, 15) is 4.79 Å². The van der Waals surface area contributed by atoms with E-state index in [-0.39, 0.29) is 5.69 Å². The number of benzene rings is 1. The number of nitrogens with two attached hydrogens (primary N) is 1. The molecular weight excluding hydrogens is 348 g/mol. The molecule has 26 heavy (non-hydrogen) atoms. The van der Waals surface area contributed by atoms with E-state index in [1.54, 1.807) is 19.3 Å². The number of ether oxygens (including phenoxy) is 1. The Bertz CT molecular complexity index is 1090. The lowest BCUT2D eigenvalue weighted by Crippen LogP contribution is -2.04. The van der Waals surface area contributed by atoms with Crippen molar-refractivity contribution in [1.29, 1.82) is 0 Å². The molecule has 4 aromatic rings. The van der Waals surface area contributed by atoms with Gasteiger partial charge in [-0.3, -0.25) is 0 Å². The summed E-state index contributed by atoms with van der Waals surface area (Å²) in [4.78, 5) is 21.7. The summed E-state index contributed by atoms with van der Waals surface area (Å²) in [7, 11) is 0. The van der Waals surface area contributed by atoms with Gasteiger partial charge in [-0.05, 0) is 18.6 Å². The van der Waals surface area contributed by atoms with Crippen LogP contribution in [0.1, 0.15) is 17.4 Å². The fraction of sp³-hybridized carbons (Fsp3) is 0.105. The van der Waals surface area contributed by atoms with Gasteiger partial charge in [0.05, 0.1) is 11.5 Å². The van der Waals surface area contributed by atoms with Crippen LogP contribution in [0.2, 0.25) is 0 Å². The van der Waals surface area contributed by atoms with Crippen LogP contribution in [0.3, 0.4) is 0 Å². The summed E-state index contributed by atoms with van der Waals surface area (Å²) in [5, 5.41) is 0.513. The molecule has 4 rings (SSSR count). The molecule has 7 heteroatoms. The molecule has 0 atom stereocenters. The number of thiazole rings is 1. The Morgan fingerprint density at radius 1 is 1.23 bits per heavy atom. The molecule has 3 aromatic heterocycles. The number of nitrogen functional groups attached to an aromatic ring is 1. The summed E-state index contributed by atoms with van der Waals surface area (Å²) in [5.74, 6) is -0.432. The van der Waals surface area contributed by atoms with E-state index >= 15 is 0 Å². The minimum atomic E-state index is -0.432. The summed E-state index contributed by atoms with van der Waals surface area (Å²) in [6.07, 6.45) is 5.36. The van der Waals surface area contributed by atoms with Crippen molar-refractivity contribution in [2.75, 3.05) is 12.3 Å². The summed E-state index contributed by atoms with van der Waals surface area (Å²) >= 11 is 1.42. The van der Waals surface area contributed by atoms with E-state index < -0.39 is 5.97 Å². The zero-order valence-electron chi connectivity index (χ0n) is 14.0. The van der Waals surface area contributed by atoms with Gasteiger partial charge in [-0.25, -0.2) is 14.8 Å². The number of carbonyl (C=O) groups is 1. The van der Waals surface area contributed by atoms with Gasteiger partial charge < -0.3 is 14.9 Å². The molecule has 130 valence electrons. The zero-order chi connectivity index (χ0) is 18.1. The molecule has 6 nitrogen and oxygen atoms in total. The van der Waals surface area contributed by atoms with E-state index in [1.807, 2.05) is 47.0 Å². The predicted octanol–water partition coefficient (Wildman–Crippen LogP) is 3.88. The SMILES string of the molecule is CCOC(=O)c1cn2cc(-c3cnc(N)s3)cc(-c3ccccc3)c2n1. The van der Waals surface area contributed by atoms with Gasteiger partial charge in [0.25, 0.3) is 0 Å². The number of esters is 1. The number of imidazole rings is 1. The highest BCUT2D eigenvalue weighted by atomic mass is 32.1. The van der Waals surface area contributed by atoms with Crippen LogP contribution in [0.15, 0.2) is 55.0 Å². The summed E-state index contributed by atoms with van der Waals surface area (Å²) in [6.45, 7) is 2.08. The molecule has 0 spiro atoms. The Morgan fingerprint density at radius 2 is 2.04 bits per heavy atom. The molecule has 0 unspecified atom stereocenters. The van der Waals surface area contributed by atoms with Gasteiger partial charge in [-0.15, -0.1) is 0 Å². The highest BCUT2D eigenvalue weighted by Gasteiger charge is 2.16. The van der Waals surface area contributed by atoms with Crippen LogP contribution < -0.4 is 5.73 Å². The lowest BCUT2D eigenvalue weighted by atomic mass is 10.0. The van der Waals surface area contributed by atoms with Gasteiger partial charge in [0.2, 0.25) is 0 Å². The molecule has 0 aliphatic carbocycles. The maximum atomic E-state index is 12.1. The van der Waals surface area contributed by atoms with Crippen molar-refractivity contribution in [2.45, 2.75) is 6.92 Å². The lowest BCUT2D eigenvalue weighted by Gasteiger charge is -2.07. The Kier molecular flexibility index (Phi) is 4.14. The third-order valence-electron chi connectivity index (χ3n) is 3.93. The first-order valence-electron chi connectivity index (χ1n) is 8.12. The van der Waals surface area contributed by atoms with E-state index in [2.05, 4.69) is 9.97 Å². The predicted molar refractivity (Wildman–Crippen MR) is 102 cm³/mol. The molecule has 0 radical (unpaired) electrons. The fourth-order valence-corrected chi connectivity index (χ4v) is 3.45. The van der Waals surface area contributed by atoms with E-state index in [0.717, 1.165) is 21.6 Å². The zero-order valence-corrected chi connectivity index (χ0v) is 14.9. The monoisotopic (exact) mass is 364 g/mol. The Morgan fingerprint density at radius 3 is 2.73 bits per heavy atom. The molecule has 0 saturated carbocycles. The first-order valence-corrected chi connectivity index (χ1v) is 8.94. The second-order valence-corrected chi connectivity index (χ2v) is 6.71. The molecule has 0 saturated heterocycles. The van der Waals surface area contributed by atoms with Crippen molar-refractivity contribution in [2.24, 2.45) is 0 Å². The van der Waals surface area contributed by atoms with Gasteiger partial charge in [0, 0.05) is 29.7 Å². The molecule has 0 aliphatic rings. The van der Waals surface area contributed by atoms with Crippen molar-refractivity contribution in [3.8, 4) is 21.6 Å². The molecule has 2 N–H and O–H groups in total. The van der Waals surface area contributed by atoms with Crippen LogP contribution in [0.4, 0.5) is 5.13 Å². The van der Waals surface area contributed by atoms with E-state index in [4.69, 9.17) is 10.5 Å². The number of hydrogen-bond acceptors (Lipinski definition) is 6. The van der Waals surface area contributed by atoms with Gasteiger partial charge in [-0.1, -0.05) is 41.7 Å². The second kappa shape index (κ2) is 6.61. The van der Waals surface area contributed by atoms with Crippen LogP contribution in [0.25, 0.3) is 27.2 Å². The maximum absolute atomic E-state index is 12.1. The molecule has 1 aromatic carbocycles. The number of fused-ring (bicyclic) bond motifs is 1. The number of anilines is 1. The third kappa shape index (κ3) is 2.93. The maximum Gasteiger partial charge on any atom is 0.358 e. The minimum absolute atomic E-state index is 0.282. The van der Waals surface area contributed by atoms with Gasteiger partial charge in [-0.2, -0.15) is 0 Å². The van der Waals surface area contributed by atoms with Crippen LogP contribution >= 0.6 is 11.3 Å². The quantitative estimate of drug-likeness (QED) is 0.556. The third-order valence-corrected chi connectivity index (χ3v) is 4.80. The first kappa shape index (κ1) is 16.3. The fourth-order valence-electron chi connectivity index (χ4n) is 2.79. The Labute approximate surface area is 153 Å². The van der Waals surface area contributed by atoms with Gasteiger partial charge >= 0.3 is 5.97 Å². The average Bonchev–Trinajstić information content (AvgIpc) is 3.28. The Hall–Kier alpha value is -3.19. The van der Waals surface area contributed by atoms with Gasteiger partial charge in [0.15, 0.2) is 10.8 Å². The largest absolute Gasteiger partial charge is 0.461 e. The minimum Gasteiger partial charge on any atom is -0.461 e. The number of rotatable bonds is 4. The lowest BCUT2D eigenvalue weighted by molar-refractivity contribution is 0.0520. The number of aromatic nitrogens is 3. The standard InChI is InChI=1S/C19H16N4O2S/c1-2-25-18(24)15-11-23-10-13(16-9-21-19(20)26-16)8-14(17(23)22-15)12-6-4-3-5-7-12/h3-11H,2H2,1H3,(H2,20,21). The van der Waals surface area contributed by atoms with Gasteiger partial charge in [0.1, 0.15) is 5.65 Å². The highest BCUT2D eigenvalue weighted by molar-refractivity contribution is 7.18. The van der Waals surface area contributed by atoms with Crippen molar-refractivity contribution < 1.29 is 9.53 Å². The molecule has 0 bridgehead atoms. The summed E-state index contributed by atoms with van der Waals surface area (Å²) < 4.78 is 6.93. The summed E-state index contributed by atoms with van der Waals surface area (Å²) in [5.41, 5.74) is 9.65. The number of carbonyl (C=O) groups excluding carboxylic acids is 1. The topological polar surface area (TPSA) is 82.5 Å². The van der Waals surface area contributed by atoms with Crippen molar-refractivity contribution in [1.82, 2.24) is 14.4 Å². The van der Waals surface area contributed by atoms with Crippen LogP contribution in [-0.4, -0.2) is 26.9 Å².